The van der Waals surface area contributed by atoms with E-state index in [2.05, 4.69) is 0 Å². The summed E-state index contributed by atoms with van der Waals surface area (Å²) < 4.78 is 0. The molecule has 116 valence electrons. The number of aliphatic hydroxyl groups excluding tert-OH is 1. The van der Waals surface area contributed by atoms with Crippen LogP contribution in [0.2, 0.25) is 0 Å². The molecule has 2 N–H and O–H groups in total. The van der Waals surface area contributed by atoms with E-state index in [4.69, 9.17) is 5.11 Å². The van der Waals surface area contributed by atoms with Gasteiger partial charge in [0.15, 0.2) is 0 Å². The lowest BCUT2D eigenvalue weighted by Crippen LogP contribution is -2.46. The van der Waals surface area contributed by atoms with Crippen LogP contribution in [0, 0.1) is 5.92 Å². The van der Waals surface area contributed by atoms with Gasteiger partial charge in [0.25, 0.3) is 0 Å². The minimum atomic E-state index is -0.775. The highest BCUT2D eigenvalue weighted by molar-refractivity contribution is 5.74. The predicted octanol–water partition coefficient (Wildman–Crippen LogP) is 1.39. The van der Waals surface area contributed by atoms with Crippen molar-refractivity contribution in [3.63, 3.8) is 0 Å². The van der Waals surface area contributed by atoms with Crippen molar-refractivity contribution >= 4 is 12.0 Å². The maximum Gasteiger partial charge on any atom is 0.319 e. The van der Waals surface area contributed by atoms with Gasteiger partial charge < -0.3 is 20.0 Å². The summed E-state index contributed by atoms with van der Waals surface area (Å²) in [5, 5.41) is 18.0. The number of carboxylic acids is 1. The van der Waals surface area contributed by atoms with E-state index in [9.17, 15) is 14.7 Å². The molecule has 6 heteroatoms. The molecule has 0 aromatic rings. The number of hydrogen-bond acceptors (Lipinski definition) is 3. The monoisotopic (exact) mass is 286 g/mol. The standard InChI is InChI=1S/C14H26N2O4/c1-11(17)7-9-15(2)14(20)16-8-3-4-12(10-16)5-6-13(18)19/h11-12,17H,3-10H2,1-2H3,(H,18,19). The zero-order valence-electron chi connectivity index (χ0n) is 12.4. The molecule has 0 radical (unpaired) electrons. The lowest BCUT2D eigenvalue weighted by molar-refractivity contribution is -0.137. The van der Waals surface area contributed by atoms with Crippen LogP contribution in [0.3, 0.4) is 0 Å². The summed E-state index contributed by atoms with van der Waals surface area (Å²) >= 11 is 0. The van der Waals surface area contributed by atoms with Crippen LogP contribution in [0.4, 0.5) is 4.79 Å². The van der Waals surface area contributed by atoms with E-state index in [1.807, 2.05) is 0 Å². The largest absolute Gasteiger partial charge is 0.481 e. The van der Waals surface area contributed by atoms with E-state index < -0.39 is 12.1 Å². The number of carbonyl (C=O) groups is 2. The van der Waals surface area contributed by atoms with Gasteiger partial charge in [0, 0.05) is 33.1 Å². The predicted molar refractivity (Wildman–Crippen MR) is 75.5 cm³/mol. The summed E-state index contributed by atoms with van der Waals surface area (Å²) in [7, 11) is 1.74. The van der Waals surface area contributed by atoms with E-state index in [0.717, 1.165) is 19.4 Å². The highest BCUT2D eigenvalue weighted by Gasteiger charge is 2.25. The number of carboxylic acid groups (broad SMARTS) is 1. The smallest absolute Gasteiger partial charge is 0.319 e. The van der Waals surface area contributed by atoms with Crippen LogP contribution in [0.5, 0.6) is 0 Å². The van der Waals surface area contributed by atoms with Crippen molar-refractivity contribution in [2.24, 2.45) is 5.92 Å². The summed E-state index contributed by atoms with van der Waals surface area (Å²) in [5.41, 5.74) is 0. The van der Waals surface area contributed by atoms with Gasteiger partial charge in [-0.15, -0.1) is 0 Å². The van der Waals surface area contributed by atoms with E-state index in [0.29, 0.717) is 25.9 Å². The van der Waals surface area contributed by atoms with Gasteiger partial charge in [0.1, 0.15) is 0 Å². The molecule has 0 bridgehead atoms. The Kier molecular flexibility index (Phi) is 6.78. The van der Waals surface area contributed by atoms with Crippen LogP contribution in [0.15, 0.2) is 0 Å². The molecular weight excluding hydrogens is 260 g/mol. The average molecular weight is 286 g/mol. The minimum absolute atomic E-state index is 0.0225. The molecule has 1 fully saturated rings. The molecule has 20 heavy (non-hydrogen) atoms. The van der Waals surface area contributed by atoms with Gasteiger partial charge in [-0.2, -0.15) is 0 Å². The highest BCUT2D eigenvalue weighted by Crippen LogP contribution is 2.21. The number of carbonyl (C=O) groups excluding carboxylic acids is 1. The molecule has 1 aliphatic heterocycles. The van der Waals surface area contributed by atoms with Gasteiger partial charge in [0.2, 0.25) is 0 Å². The Morgan fingerprint density at radius 3 is 2.75 bits per heavy atom. The number of aliphatic hydroxyl groups is 1. The number of amides is 2. The maximum absolute atomic E-state index is 12.2. The van der Waals surface area contributed by atoms with Gasteiger partial charge >= 0.3 is 12.0 Å². The topological polar surface area (TPSA) is 81.1 Å². The zero-order valence-corrected chi connectivity index (χ0v) is 12.4. The normalized spacial score (nSPS) is 20.6. The van der Waals surface area contributed by atoms with Crippen LogP contribution in [0.1, 0.15) is 39.0 Å². The molecule has 0 spiro atoms. The minimum Gasteiger partial charge on any atom is -0.481 e. The quantitative estimate of drug-likeness (QED) is 0.773. The summed E-state index contributed by atoms with van der Waals surface area (Å²) in [5.74, 6) is -0.489. The fourth-order valence-electron chi connectivity index (χ4n) is 2.52. The number of hydrogen-bond donors (Lipinski definition) is 2. The van der Waals surface area contributed by atoms with Crippen molar-refractivity contribution in [1.82, 2.24) is 9.80 Å². The van der Waals surface area contributed by atoms with Crippen LogP contribution in [0.25, 0.3) is 0 Å². The summed E-state index contributed by atoms with van der Waals surface area (Å²) in [6, 6.07) is -0.0225. The Balaban J connectivity index is 2.41. The molecule has 0 aliphatic carbocycles. The first-order valence-corrected chi connectivity index (χ1v) is 7.30. The third-order valence-electron chi connectivity index (χ3n) is 3.76. The Bertz CT molecular complexity index is 333. The number of piperidine rings is 1. The van der Waals surface area contributed by atoms with Crippen LogP contribution >= 0.6 is 0 Å². The number of aliphatic carboxylic acids is 1. The molecule has 2 atom stereocenters. The van der Waals surface area contributed by atoms with Crippen molar-refractivity contribution < 1.29 is 19.8 Å². The van der Waals surface area contributed by atoms with E-state index in [-0.39, 0.29) is 18.4 Å². The summed E-state index contributed by atoms with van der Waals surface area (Å²) in [6.45, 7) is 3.63. The Hall–Kier alpha value is -1.30. The van der Waals surface area contributed by atoms with Crippen LogP contribution < -0.4 is 0 Å². The van der Waals surface area contributed by atoms with Gasteiger partial charge in [-0.3, -0.25) is 4.79 Å². The van der Waals surface area contributed by atoms with Crippen molar-refractivity contribution in [3.05, 3.63) is 0 Å². The van der Waals surface area contributed by atoms with Crippen molar-refractivity contribution in [2.75, 3.05) is 26.7 Å². The molecule has 1 aliphatic rings. The summed E-state index contributed by atoms with van der Waals surface area (Å²) in [6.07, 6.45) is 2.89. The molecule has 1 rings (SSSR count). The second kappa shape index (κ2) is 8.09. The fourth-order valence-corrected chi connectivity index (χ4v) is 2.52. The molecule has 0 aromatic heterocycles. The van der Waals surface area contributed by atoms with Crippen molar-refractivity contribution in [2.45, 2.75) is 45.1 Å². The SMILES string of the molecule is CC(O)CCN(C)C(=O)N1CCCC(CCC(=O)O)C1. The molecule has 6 nitrogen and oxygen atoms in total. The third kappa shape index (κ3) is 5.77. The number of urea groups is 1. The lowest BCUT2D eigenvalue weighted by Gasteiger charge is -2.35. The first kappa shape index (κ1) is 16.8. The van der Waals surface area contributed by atoms with Crippen molar-refractivity contribution in [1.29, 1.82) is 0 Å². The molecule has 0 saturated carbocycles. The average Bonchev–Trinajstić information content (AvgIpc) is 2.42. The molecule has 0 aromatic carbocycles. The van der Waals surface area contributed by atoms with E-state index in [1.54, 1.807) is 23.8 Å². The van der Waals surface area contributed by atoms with Gasteiger partial charge in [0.05, 0.1) is 6.10 Å². The Morgan fingerprint density at radius 2 is 2.15 bits per heavy atom. The third-order valence-corrected chi connectivity index (χ3v) is 3.76. The molecule has 1 saturated heterocycles. The number of nitrogens with zero attached hydrogens (tertiary/aromatic N) is 2. The van der Waals surface area contributed by atoms with Crippen LogP contribution in [-0.4, -0.2) is 64.8 Å². The first-order valence-electron chi connectivity index (χ1n) is 7.30. The second-order valence-electron chi connectivity index (χ2n) is 5.73. The lowest BCUT2D eigenvalue weighted by atomic mass is 9.93. The zero-order chi connectivity index (χ0) is 15.1. The molecule has 2 amide bonds. The fraction of sp³-hybridized carbons (Fsp3) is 0.857. The molecular formula is C14H26N2O4. The summed E-state index contributed by atoms with van der Waals surface area (Å²) in [4.78, 5) is 26.3. The molecule has 1 heterocycles. The molecule has 2 unspecified atom stereocenters. The number of likely N-dealkylation sites (tertiary alicyclic amines) is 1. The second-order valence-corrected chi connectivity index (χ2v) is 5.73. The van der Waals surface area contributed by atoms with Gasteiger partial charge in [-0.1, -0.05) is 0 Å². The highest BCUT2D eigenvalue weighted by atomic mass is 16.4. The van der Waals surface area contributed by atoms with Gasteiger partial charge in [-0.05, 0) is 38.5 Å². The van der Waals surface area contributed by atoms with Crippen LogP contribution in [-0.2, 0) is 4.79 Å². The number of rotatable bonds is 6. The maximum atomic E-state index is 12.2. The van der Waals surface area contributed by atoms with E-state index >= 15 is 0 Å². The van der Waals surface area contributed by atoms with Gasteiger partial charge in [-0.25, -0.2) is 4.79 Å². The van der Waals surface area contributed by atoms with E-state index in [1.165, 1.54) is 0 Å². The Morgan fingerprint density at radius 1 is 1.45 bits per heavy atom. The Labute approximate surface area is 120 Å². The van der Waals surface area contributed by atoms with Crippen molar-refractivity contribution in [3.8, 4) is 0 Å². The first-order chi connectivity index (χ1) is 9.40.